The first-order valence-electron chi connectivity index (χ1n) is 4.65. The van der Waals surface area contributed by atoms with Crippen LogP contribution in [0.5, 0.6) is 0 Å². The van der Waals surface area contributed by atoms with E-state index >= 15 is 0 Å². The molecule has 0 amide bonds. The molecule has 0 aliphatic heterocycles. The maximum absolute atomic E-state index is 11.9. The molecule has 0 bridgehead atoms. The van der Waals surface area contributed by atoms with Gasteiger partial charge in [-0.1, -0.05) is 0 Å². The minimum Gasteiger partial charge on any atom is -0.328 e. The van der Waals surface area contributed by atoms with Crippen molar-refractivity contribution in [3.8, 4) is 0 Å². The number of carbonyl (C=O) groups is 1. The molecule has 5 heteroatoms. The lowest BCUT2D eigenvalue weighted by Crippen LogP contribution is -2.10. The van der Waals surface area contributed by atoms with E-state index < -0.39 is 0 Å². The summed E-state index contributed by atoms with van der Waals surface area (Å²) < 4.78 is 1.79. The molecule has 2 aromatic heterocycles. The van der Waals surface area contributed by atoms with Crippen molar-refractivity contribution in [2.24, 2.45) is 0 Å². The Morgan fingerprint density at radius 3 is 2.93 bits per heavy atom. The van der Waals surface area contributed by atoms with Crippen molar-refractivity contribution in [2.45, 2.75) is 13.5 Å². The Kier molecular flexibility index (Phi) is 2.53. The van der Waals surface area contributed by atoms with Gasteiger partial charge in [0.25, 0.3) is 0 Å². The van der Waals surface area contributed by atoms with Gasteiger partial charge in [-0.15, -0.1) is 0 Å². The molecule has 0 aliphatic rings. The van der Waals surface area contributed by atoms with Gasteiger partial charge in [-0.2, -0.15) is 10.2 Å². The van der Waals surface area contributed by atoms with E-state index in [0.29, 0.717) is 11.4 Å². The number of aromatic nitrogens is 4. The standard InChI is InChI=1S/C10H10N4O/c1-2-14-6-5-11-10(14)9(15)8-3-4-12-13-7-8/h3-7H,2H2,1H3. The summed E-state index contributed by atoms with van der Waals surface area (Å²) in [6, 6.07) is 1.63. The smallest absolute Gasteiger partial charge is 0.230 e. The quantitative estimate of drug-likeness (QED) is 0.694. The van der Waals surface area contributed by atoms with Gasteiger partial charge in [-0.05, 0) is 13.0 Å². The highest BCUT2D eigenvalue weighted by molar-refractivity contribution is 6.06. The molecule has 2 rings (SSSR count). The van der Waals surface area contributed by atoms with Gasteiger partial charge >= 0.3 is 0 Å². The molecule has 0 aliphatic carbocycles. The molecule has 0 unspecified atom stereocenters. The third-order valence-corrected chi connectivity index (χ3v) is 2.11. The van der Waals surface area contributed by atoms with Crippen LogP contribution in [0.4, 0.5) is 0 Å². The van der Waals surface area contributed by atoms with E-state index in [2.05, 4.69) is 15.2 Å². The van der Waals surface area contributed by atoms with Crippen LogP contribution >= 0.6 is 0 Å². The fourth-order valence-electron chi connectivity index (χ4n) is 1.33. The molecule has 0 fully saturated rings. The summed E-state index contributed by atoms with van der Waals surface area (Å²) in [7, 11) is 0. The summed E-state index contributed by atoms with van der Waals surface area (Å²) in [5.41, 5.74) is 0.505. The molecule has 2 aromatic rings. The second-order valence-corrected chi connectivity index (χ2v) is 3.00. The Balaban J connectivity index is 2.37. The highest BCUT2D eigenvalue weighted by atomic mass is 16.1. The lowest BCUT2D eigenvalue weighted by atomic mass is 10.2. The predicted molar refractivity (Wildman–Crippen MR) is 53.4 cm³/mol. The summed E-state index contributed by atoms with van der Waals surface area (Å²) in [5.74, 6) is 0.308. The Morgan fingerprint density at radius 2 is 2.27 bits per heavy atom. The molecule has 0 radical (unpaired) electrons. The van der Waals surface area contributed by atoms with Gasteiger partial charge in [0.15, 0.2) is 5.82 Å². The van der Waals surface area contributed by atoms with Crippen molar-refractivity contribution >= 4 is 5.78 Å². The lowest BCUT2D eigenvalue weighted by Gasteiger charge is -2.02. The molecular formula is C10H10N4O. The number of hydrogen-bond acceptors (Lipinski definition) is 4. The van der Waals surface area contributed by atoms with Gasteiger partial charge in [-0.25, -0.2) is 4.98 Å². The number of aryl methyl sites for hydroxylation is 1. The van der Waals surface area contributed by atoms with Crippen LogP contribution in [-0.4, -0.2) is 25.5 Å². The van der Waals surface area contributed by atoms with E-state index in [4.69, 9.17) is 0 Å². The van der Waals surface area contributed by atoms with Gasteiger partial charge in [0.2, 0.25) is 5.78 Å². The van der Waals surface area contributed by atoms with Crippen LogP contribution in [0, 0.1) is 0 Å². The minimum atomic E-state index is -0.128. The van der Waals surface area contributed by atoms with Crippen molar-refractivity contribution in [1.29, 1.82) is 0 Å². The summed E-state index contributed by atoms with van der Waals surface area (Å²) >= 11 is 0. The Bertz CT molecular complexity index is 463. The summed E-state index contributed by atoms with van der Waals surface area (Å²) in [4.78, 5) is 16.0. The topological polar surface area (TPSA) is 60.7 Å². The lowest BCUT2D eigenvalue weighted by molar-refractivity contribution is 0.102. The first-order chi connectivity index (χ1) is 7.33. The third-order valence-electron chi connectivity index (χ3n) is 2.11. The van der Waals surface area contributed by atoms with Crippen molar-refractivity contribution in [3.63, 3.8) is 0 Å². The number of carbonyl (C=O) groups excluding carboxylic acids is 1. The molecular weight excluding hydrogens is 192 g/mol. The van der Waals surface area contributed by atoms with E-state index in [1.54, 1.807) is 23.0 Å². The van der Waals surface area contributed by atoms with E-state index in [0.717, 1.165) is 6.54 Å². The summed E-state index contributed by atoms with van der Waals surface area (Å²) in [6.07, 6.45) is 6.33. The van der Waals surface area contributed by atoms with Crippen molar-refractivity contribution < 1.29 is 4.79 Å². The predicted octanol–water partition coefficient (Wildman–Crippen LogP) is 0.924. The van der Waals surface area contributed by atoms with E-state index in [9.17, 15) is 4.79 Å². The van der Waals surface area contributed by atoms with Gasteiger partial charge in [-0.3, -0.25) is 4.79 Å². The van der Waals surface area contributed by atoms with Gasteiger partial charge < -0.3 is 4.57 Å². The average Bonchev–Trinajstić information content (AvgIpc) is 2.77. The molecule has 0 atom stereocenters. The second-order valence-electron chi connectivity index (χ2n) is 3.00. The normalized spacial score (nSPS) is 10.2. The van der Waals surface area contributed by atoms with Crippen LogP contribution in [0.25, 0.3) is 0 Å². The number of nitrogens with zero attached hydrogens (tertiary/aromatic N) is 4. The molecule has 0 saturated heterocycles. The van der Waals surface area contributed by atoms with Crippen molar-refractivity contribution in [1.82, 2.24) is 19.7 Å². The Labute approximate surface area is 86.8 Å². The highest BCUT2D eigenvalue weighted by Crippen LogP contribution is 2.06. The molecule has 0 N–H and O–H groups in total. The fourth-order valence-corrected chi connectivity index (χ4v) is 1.33. The fraction of sp³-hybridized carbons (Fsp3) is 0.200. The zero-order chi connectivity index (χ0) is 10.7. The van der Waals surface area contributed by atoms with Gasteiger partial charge in [0.1, 0.15) is 0 Å². The maximum atomic E-state index is 11.9. The van der Waals surface area contributed by atoms with Crippen LogP contribution in [-0.2, 0) is 6.54 Å². The van der Waals surface area contributed by atoms with Gasteiger partial charge in [0.05, 0.1) is 12.4 Å². The number of hydrogen-bond donors (Lipinski definition) is 0. The molecule has 0 saturated carbocycles. The van der Waals surface area contributed by atoms with Crippen LogP contribution in [0.1, 0.15) is 23.1 Å². The van der Waals surface area contributed by atoms with Gasteiger partial charge in [0, 0.05) is 24.5 Å². The number of imidazole rings is 1. The monoisotopic (exact) mass is 202 g/mol. The summed E-state index contributed by atoms with van der Waals surface area (Å²) in [6.45, 7) is 2.68. The minimum absolute atomic E-state index is 0.128. The largest absolute Gasteiger partial charge is 0.328 e. The summed E-state index contributed by atoms with van der Waals surface area (Å²) in [5, 5.41) is 7.29. The zero-order valence-electron chi connectivity index (χ0n) is 8.29. The second kappa shape index (κ2) is 4.00. The molecule has 5 nitrogen and oxygen atoms in total. The van der Waals surface area contributed by atoms with E-state index in [-0.39, 0.29) is 5.78 Å². The molecule has 2 heterocycles. The average molecular weight is 202 g/mol. The maximum Gasteiger partial charge on any atom is 0.230 e. The van der Waals surface area contributed by atoms with Crippen LogP contribution in [0.15, 0.2) is 30.9 Å². The van der Waals surface area contributed by atoms with Crippen LogP contribution < -0.4 is 0 Å². The Morgan fingerprint density at radius 1 is 1.40 bits per heavy atom. The van der Waals surface area contributed by atoms with Crippen molar-refractivity contribution in [2.75, 3.05) is 0 Å². The van der Waals surface area contributed by atoms with Crippen LogP contribution in [0.3, 0.4) is 0 Å². The first-order valence-corrected chi connectivity index (χ1v) is 4.65. The highest BCUT2D eigenvalue weighted by Gasteiger charge is 2.14. The molecule has 15 heavy (non-hydrogen) atoms. The molecule has 0 spiro atoms. The van der Waals surface area contributed by atoms with E-state index in [1.165, 1.54) is 12.4 Å². The SMILES string of the molecule is CCn1ccnc1C(=O)c1ccnnc1. The first kappa shape index (κ1) is 9.51. The van der Waals surface area contributed by atoms with Crippen LogP contribution in [0.2, 0.25) is 0 Å². The van der Waals surface area contributed by atoms with Crippen molar-refractivity contribution in [3.05, 3.63) is 42.2 Å². The third kappa shape index (κ3) is 1.76. The number of ketones is 1. The molecule has 76 valence electrons. The zero-order valence-corrected chi connectivity index (χ0v) is 8.29. The molecule has 0 aromatic carbocycles. The van der Waals surface area contributed by atoms with E-state index in [1.807, 2.05) is 6.92 Å². The number of rotatable bonds is 3. The Hall–Kier alpha value is -2.04.